The smallest absolute Gasteiger partial charge is 0.335 e. The van der Waals surface area contributed by atoms with Crippen LogP contribution in [0.5, 0.6) is 5.75 Å². The van der Waals surface area contributed by atoms with E-state index in [4.69, 9.17) is 45.3 Å². The van der Waals surface area contributed by atoms with Crippen LogP contribution in [0.1, 0.15) is 54.7 Å². The lowest BCUT2D eigenvalue weighted by molar-refractivity contribution is -0.118. The molecule has 0 aliphatic heterocycles. The lowest BCUT2D eigenvalue weighted by atomic mass is 9.78. The zero-order chi connectivity index (χ0) is 28.2. The third-order valence-electron chi connectivity index (χ3n) is 6.31. The van der Waals surface area contributed by atoms with Gasteiger partial charge in [-0.05, 0) is 59.4 Å². The van der Waals surface area contributed by atoms with Crippen molar-refractivity contribution in [3.63, 3.8) is 0 Å². The SMILES string of the molecule is CC(C)C(=O)C(COc1ccc(CC(C)(C)c2cccc(C(=O)O)c2)c(Cl)c1)=C(N)c1c(Cl)cccc1Cl. The average Bonchev–Trinajstić information content (AvgIpc) is 2.85. The van der Waals surface area contributed by atoms with Crippen molar-refractivity contribution in [1.82, 2.24) is 0 Å². The van der Waals surface area contributed by atoms with E-state index in [0.29, 0.717) is 32.8 Å². The van der Waals surface area contributed by atoms with E-state index in [2.05, 4.69) is 0 Å². The van der Waals surface area contributed by atoms with Crippen LogP contribution in [0.4, 0.5) is 0 Å². The number of carbonyl (C=O) groups excluding carboxylic acids is 1. The van der Waals surface area contributed by atoms with Crippen LogP contribution in [-0.2, 0) is 16.6 Å². The highest BCUT2D eigenvalue weighted by atomic mass is 35.5. The lowest BCUT2D eigenvalue weighted by Gasteiger charge is -2.26. The van der Waals surface area contributed by atoms with Gasteiger partial charge in [0.1, 0.15) is 12.4 Å². The van der Waals surface area contributed by atoms with E-state index in [9.17, 15) is 14.7 Å². The van der Waals surface area contributed by atoms with Crippen molar-refractivity contribution in [3.05, 3.63) is 104 Å². The van der Waals surface area contributed by atoms with Gasteiger partial charge >= 0.3 is 5.97 Å². The first-order valence-electron chi connectivity index (χ1n) is 12.0. The number of hydrogen-bond donors (Lipinski definition) is 2. The first-order chi connectivity index (χ1) is 17.8. The Labute approximate surface area is 238 Å². The van der Waals surface area contributed by atoms with Crippen molar-refractivity contribution < 1.29 is 19.4 Å². The molecule has 200 valence electrons. The van der Waals surface area contributed by atoms with Gasteiger partial charge in [0.15, 0.2) is 5.78 Å². The first kappa shape index (κ1) is 29.6. The number of halogens is 3. The number of Topliss-reactive ketones (excluding diaryl/α,β-unsaturated/α-hetero) is 1. The maximum absolute atomic E-state index is 13.0. The molecule has 0 fully saturated rings. The largest absolute Gasteiger partial charge is 0.489 e. The number of carboxylic acid groups (broad SMARTS) is 1. The normalized spacial score (nSPS) is 12.3. The van der Waals surface area contributed by atoms with Gasteiger partial charge in [0.05, 0.1) is 26.9 Å². The molecule has 3 rings (SSSR count). The fourth-order valence-electron chi connectivity index (χ4n) is 4.10. The van der Waals surface area contributed by atoms with E-state index in [0.717, 1.165) is 11.1 Å². The van der Waals surface area contributed by atoms with Gasteiger partial charge in [-0.3, -0.25) is 4.79 Å². The van der Waals surface area contributed by atoms with Gasteiger partial charge in [0.25, 0.3) is 0 Å². The molecule has 0 atom stereocenters. The number of benzene rings is 3. The van der Waals surface area contributed by atoms with E-state index < -0.39 is 5.97 Å². The average molecular weight is 575 g/mol. The second kappa shape index (κ2) is 12.2. The molecule has 38 heavy (non-hydrogen) atoms. The van der Waals surface area contributed by atoms with Crippen molar-refractivity contribution >= 4 is 52.3 Å². The van der Waals surface area contributed by atoms with Gasteiger partial charge in [-0.2, -0.15) is 0 Å². The van der Waals surface area contributed by atoms with Crippen LogP contribution in [0, 0.1) is 5.92 Å². The summed E-state index contributed by atoms with van der Waals surface area (Å²) in [6.07, 6.45) is 0.574. The summed E-state index contributed by atoms with van der Waals surface area (Å²) in [5.74, 6) is -0.992. The Hall–Kier alpha value is -2.99. The second-order valence-electron chi connectivity index (χ2n) is 10.00. The van der Waals surface area contributed by atoms with Crippen molar-refractivity contribution in [2.24, 2.45) is 11.7 Å². The Kier molecular flexibility index (Phi) is 9.53. The molecule has 0 aromatic heterocycles. The maximum Gasteiger partial charge on any atom is 0.335 e. The summed E-state index contributed by atoms with van der Waals surface area (Å²) in [5, 5.41) is 10.5. The van der Waals surface area contributed by atoms with Crippen molar-refractivity contribution in [3.8, 4) is 5.75 Å². The maximum atomic E-state index is 13.0. The molecule has 0 aliphatic carbocycles. The highest BCUT2D eigenvalue weighted by Gasteiger charge is 2.25. The molecule has 3 aromatic rings. The van der Waals surface area contributed by atoms with Crippen LogP contribution in [0.15, 0.2) is 66.2 Å². The molecule has 3 aromatic carbocycles. The summed E-state index contributed by atoms with van der Waals surface area (Å²) in [6, 6.07) is 17.3. The van der Waals surface area contributed by atoms with Crippen LogP contribution >= 0.6 is 34.8 Å². The van der Waals surface area contributed by atoms with E-state index in [1.54, 1.807) is 62.4 Å². The molecule has 0 radical (unpaired) electrons. The molecule has 0 unspecified atom stereocenters. The minimum absolute atomic E-state index is 0.0897. The molecule has 3 N–H and O–H groups in total. The number of nitrogens with two attached hydrogens (primary N) is 1. The minimum atomic E-state index is -0.969. The highest BCUT2D eigenvalue weighted by Crippen LogP contribution is 2.34. The van der Waals surface area contributed by atoms with Crippen LogP contribution in [-0.4, -0.2) is 23.5 Å². The Morgan fingerprint density at radius 1 is 0.947 bits per heavy atom. The number of carbonyl (C=O) groups is 2. The molecule has 0 aliphatic rings. The molecule has 0 amide bonds. The quantitative estimate of drug-likeness (QED) is 0.241. The van der Waals surface area contributed by atoms with E-state index in [1.165, 1.54) is 0 Å². The Bertz CT molecular complexity index is 1380. The van der Waals surface area contributed by atoms with E-state index in [-0.39, 0.29) is 40.6 Å². The molecular formula is C30H30Cl3NO4. The number of hydrogen-bond acceptors (Lipinski definition) is 4. The molecule has 0 bridgehead atoms. The van der Waals surface area contributed by atoms with Crippen molar-refractivity contribution in [1.29, 1.82) is 0 Å². The standard InChI is InChI=1S/C30H30Cl3NO4/c1-17(2)28(35)22(27(34)26-23(31)9-6-10-24(26)32)16-38-21-12-11-19(25(33)14-21)15-30(3,4)20-8-5-7-18(13-20)29(36)37/h5-14,17H,15-16,34H2,1-4H3,(H,36,37). The molecule has 0 saturated carbocycles. The second-order valence-corrected chi connectivity index (χ2v) is 11.2. The number of ketones is 1. The zero-order valence-corrected chi connectivity index (χ0v) is 23.9. The third kappa shape index (κ3) is 6.90. The van der Waals surface area contributed by atoms with E-state index in [1.807, 2.05) is 26.0 Å². The van der Waals surface area contributed by atoms with Crippen molar-refractivity contribution in [2.45, 2.75) is 39.5 Å². The lowest BCUT2D eigenvalue weighted by Crippen LogP contribution is -2.22. The third-order valence-corrected chi connectivity index (χ3v) is 7.29. The summed E-state index contributed by atoms with van der Waals surface area (Å²) in [6.45, 7) is 7.54. The number of rotatable bonds is 10. The van der Waals surface area contributed by atoms with Crippen LogP contribution in [0.25, 0.3) is 5.70 Å². The molecule has 8 heteroatoms. The minimum Gasteiger partial charge on any atom is -0.489 e. The molecule has 5 nitrogen and oxygen atoms in total. The summed E-state index contributed by atoms with van der Waals surface area (Å²) < 4.78 is 5.96. The fraction of sp³-hybridized carbons (Fsp3) is 0.267. The Morgan fingerprint density at radius 3 is 2.16 bits per heavy atom. The topological polar surface area (TPSA) is 89.6 Å². The first-order valence-corrected chi connectivity index (χ1v) is 13.2. The monoisotopic (exact) mass is 573 g/mol. The summed E-state index contributed by atoms with van der Waals surface area (Å²) >= 11 is 19.3. The molecule has 0 heterocycles. The number of carboxylic acids is 1. The number of ether oxygens (including phenoxy) is 1. The van der Waals surface area contributed by atoms with Crippen LogP contribution in [0.2, 0.25) is 15.1 Å². The zero-order valence-electron chi connectivity index (χ0n) is 21.6. The predicted octanol–water partition coefficient (Wildman–Crippen LogP) is 7.84. The van der Waals surface area contributed by atoms with Crippen LogP contribution < -0.4 is 10.5 Å². The predicted molar refractivity (Wildman–Crippen MR) is 154 cm³/mol. The van der Waals surface area contributed by atoms with Crippen molar-refractivity contribution in [2.75, 3.05) is 6.61 Å². The van der Waals surface area contributed by atoms with Gasteiger partial charge in [0, 0.05) is 16.5 Å². The van der Waals surface area contributed by atoms with Gasteiger partial charge in [-0.1, -0.05) is 86.8 Å². The summed E-state index contributed by atoms with van der Waals surface area (Å²) in [7, 11) is 0. The molecule has 0 spiro atoms. The summed E-state index contributed by atoms with van der Waals surface area (Å²) in [4.78, 5) is 24.4. The molecule has 0 saturated heterocycles. The Balaban J connectivity index is 1.85. The molecular weight excluding hydrogens is 545 g/mol. The van der Waals surface area contributed by atoms with Gasteiger partial charge < -0.3 is 15.6 Å². The van der Waals surface area contributed by atoms with Gasteiger partial charge in [-0.15, -0.1) is 0 Å². The summed E-state index contributed by atoms with van der Waals surface area (Å²) in [5.41, 5.74) is 8.87. The highest BCUT2D eigenvalue weighted by molar-refractivity contribution is 6.37. The van der Waals surface area contributed by atoms with E-state index >= 15 is 0 Å². The van der Waals surface area contributed by atoms with Gasteiger partial charge in [-0.25, -0.2) is 4.79 Å². The number of aromatic carboxylic acids is 1. The fourth-order valence-corrected chi connectivity index (χ4v) is 4.94. The van der Waals surface area contributed by atoms with Gasteiger partial charge in [0.2, 0.25) is 0 Å². The van der Waals surface area contributed by atoms with Crippen LogP contribution in [0.3, 0.4) is 0 Å². The Morgan fingerprint density at radius 2 is 1.58 bits per heavy atom.